The molecule has 0 aromatic carbocycles. The van der Waals surface area contributed by atoms with Crippen LogP contribution in [0.1, 0.15) is 105 Å². The molecule has 0 bridgehead atoms. The third kappa shape index (κ3) is 3.43. The molecule has 4 rings (SSSR count). The van der Waals surface area contributed by atoms with E-state index in [0.29, 0.717) is 16.9 Å². The zero-order chi connectivity index (χ0) is 19.2. The van der Waals surface area contributed by atoms with Crippen molar-refractivity contribution < 1.29 is 4.74 Å². The van der Waals surface area contributed by atoms with Crippen molar-refractivity contribution in [3.63, 3.8) is 0 Å². The van der Waals surface area contributed by atoms with Gasteiger partial charge in [0.15, 0.2) is 0 Å². The maximum Gasteiger partial charge on any atom is 0.0631 e. The molecular weight excluding hydrogens is 328 g/mol. The largest absolute Gasteiger partial charge is 0.378 e. The molecule has 1 heterocycles. The lowest BCUT2D eigenvalue weighted by Gasteiger charge is -2.60. The van der Waals surface area contributed by atoms with E-state index in [1.54, 1.807) is 0 Å². The van der Waals surface area contributed by atoms with Crippen molar-refractivity contribution in [2.24, 2.45) is 46.3 Å². The summed E-state index contributed by atoms with van der Waals surface area (Å²) in [6.45, 7) is 13.7. The van der Waals surface area contributed by atoms with Gasteiger partial charge in [0.25, 0.3) is 0 Å². The van der Waals surface area contributed by atoms with E-state index in [0.717, 1.165) is 42.1 Å². The number of ether oxygens (including phenoxy) is 1. The van der Waals surface area contributed by atoms with Gasteiger partial charge >= 0.3 is 0 Å². The van der Waals surface area contributed by atoms with Crippen molar-refractivity contribution in [2.45, 2.75) is 111 Å². The summed E-state index contributed by atoms with van der Waals surface area (Å²) in [5.74, 6) is 5.75. The summed E-state index contributed by atoms with van der Waals surface area (Å²) in [7, 11) is 0. The minimum atomic E-state index is 0.490. The summed E-state index contributed by atoms with van der Waals surface area (Å²) in [5, 5.41) is 0. The fourth-order valence-corrected chi connectivity index (χ4v) is 8.74. The highest BCUT2D eigenvalue weighted by Gasteiger charge is 2.60. The first-order chi connectivity index (χ1) is 12.9. The molecule has 3 aliphatic carbocycles. The van der Waals surface area contributed by atoms with E-state index in [2.05, 4.69) is 34.6 Å². The van der Waals surface area contributed by atoms with Crippen molar-refractivity contribution >= 4 is 0 Å². The monoisotopic (exact) mass is 374 g/mol. The first-order valence-corrected chi connectivity index (χ1v) is 12.5. The van der Waals surface area contributed by atoms with Gasteiger partial charge < -0.3 is 4.74 Å². The average Bonchev–Trinajstić information content (AvgIpc) is 2.98. The quantitative estimate of drug-likeness (QED) is 0.484. The van der Waals surface area contributed by atoms with Gasteiger partial charge in [0.05, 0.1) is 6.10 Å². The second-order valence-corrected chi connectivity index (χ2v) is 12.0. The van der Waals surface area contributed by atoms with Crippen molar-refractivity contribution in [2.75, 3.05) is 6.61 Å². The molecule has 0 amide bonds. The van der Waals surface area contributed by atoms with E-state index >= 15 is 0 Å². The van der Waals surface area contributed by atoms with Gasteiger partial charge in [0, 0.05) is 6.61 Å². The number of rotatable bonds is 5. The molecule has 0 N–H and O–H groups in total. The van der Waals surface area contributed by atoms with E-state index in [1.807, 2.05) is 0 Å². The van der Waals surface area contributed by atoms with E-state index in [1.165, 1.54) is 70.6 Å². The molecule has 4 fully saturated rings. The Bertz CT molecular complexity index is 512. The zero-order valence-electron chi connectivity index (χ0n) is 18.9. The standard InChI is InChI=1S/C26H46O/c1-18(2)8-6-9-19(3)21-11-12-22-20-10-13-24-26(5,15-7-17-27-24)23(20)14-16-25(21,22)4/h18-24H,6-17H2,1-5H3/t19-,20-,21-,22+,23-,24-,25-,26-/m1/s1. The second kappa shape index (κ2) is 7.66. The van der Waals surface area contributed by atoms with Gasteiger partial charge in [-0.3, -0.25) is 0 Å². The van der Waals surface area contributed by atoms with Crippen LogP contribution in [-0.2, 0) is 4.74 Å². The lowest BCUT2D eigenvalue weighted by atomic mass is 9.47. The van der Waals surface area contributed by atoms with Crippen LogP contribution >= 0.6 is 0 Å². The SMILES string of the molecule is CC(C)CCC[C@@H](C)[C@H]1CC[C@H]2[C@H]3CC[C@H]4OCCC[C@]4(C)[C@@H]3CC[C@]12C. The van der Waals surface area contributed by atoms with Crippen LogP contribution in [0.5, 0.6) is 0 Å². The summed E-state index contributed by atoms with van der Waals surface area (Å²) in [6.07, 6.45) is 16.5. The van der Waals surface area contributed by atoms with Crippen molar-refractivity contribution in [1.82, 2.24) is 0 Å². The van der Waals surface area contributed by atoms with Crippen LogP contribution in [0.3, 0.4) is 0 Å². The fraction of sp³-hybridized carbons (Fsp3) is 1.00. The minimum absolute atomic E-state index is 0.490. The van der Waals surface area contributed by atoms with Gasteiger partial charge in [0.2, 0.25) is 0 Å². The maximum atomic E-state index is 6.29. The minimum Gasteiger partial charge on any atom is -0.378 e. The first-order valence-electron chi connectivity index (χ1n) is 12.5. The molecule has 0 aromatic rings. The number of hydrogen-bond donors (Lipinski definition) is 0. The fourth-order valence-electron chi connectivity index (χ4n) is 8.74. The highest BCUT2D eigenvalue weighted by Crippen LogP contribution is 2.67. The molecule has 4 aliphatic rings. The second-order valence-electron chi connectivity index (χ2n) is 12.0. The molecule has 1 heteroatoms. The topological polar surface area (TPSA) is 9.23 Å². The zero-order valence-corrected chi connectivity index (χ0v) is 18.9. The molecule has 156 valence electrons. The maximum absolute atomic E-state index is 6.29. The van der Waals surface area contributed by atoms with Crippen LogP contribution in [-0.4, -0.2) is 12.7 Å². The third-order valence-electron chi connectivity index (χ3n) is 10.2. The predicted octanol–water partition coefficient (Wildman–Crippen LogP) is 7.49. The summed E-state index contributed by atoms with van der Waals surface area (Å²) in [4.78, 5) is 0. The molecule has 27 heavy (non-hydrogen) atoms. The van der Waals surface area contributed by atoms with Gasteiger partial charge in [-0.25, -0.2) is 0 Å². The molecule has 0 unspecified atom stereocenters. The molecule has 0 radical (unpaired) electrons. The lowest BCUT2D eigenvalue weighted by molar-refractivity contribution is -0.175. The molecule has 0 spiro atoms. The van der Waals surface area contributed by atoms with E-state index in [4.69, 9.17) is 4.74 Å². The Morgan fingerprint density at radius 1 is 0.852 bits per heavy atom. The summed E-state index contributed by atoms with van der Waals surface area (Å²) >= 11 is 0. The Morgan fingerprint density at radius 2 is 1.63 bits per heavy atom. The smallest absolute Gasteiger partial charge is 0.0631 e. The van der Waals surface area contributed by atoms with Gasteiger partial charge in [0.1, 0.15) is 0 Å². The molecule has 8 atom stereocenters. The van der Waals surface area contributed by atoms with Crippen molar-refractivity contribution in [3.8, 4) is 0 Å². The van der Waals surface area contributed by atoms with E-state index < -0.39 is 0 Å². The van der Waals surface area contributed by atoms with Gasteiger partial charge in [-0.15, -0.1) is 0 Å². The predicted molar refractivity (Wildman–Crippen MR) is 115 cm³/mol. The Kier molecular flexibility index (Phi) is 5.74. The van der Waals surface area contributed by atoms with Crippen LogP contribution in [0.4, 0.5) is 0 Å². The third-order valence-corrected chi connectivity index (χ3v) is 10.2. The summed E-state index contributed by atoms with van der Waals surface area (Å²) in [5.41, 5.74) is 1.13. The van der Waals surface area contributed by atoms with Crippen LogP contribution < -0.4 is 0 Å². The van der Waals surface area contributed by atoms with Gasteiger partial charge in [-0.1, -0.05) is 53.9 Å². The highest BCUT2D eigenvalue weighted by atomic mass is 16.5. The molecule has 1 aliphatic heterocycles. The highest BCUT2D eigenvalue weighted by molar-refractivity contribution is 5.09. The summed E-state index contributed by atoms with van der Waals surface area (Å²) in [6, 6.07) is 0. The van der Waals surface area contributed by atoms with Gasteiger partial charge in [-0.2, -0.15) is 0 Å². The lowest BCUT2D eigenvalue weighted by Crippen LogP contribution is -2.56. The van der Waals surface area contributed by atoms with E-state index in [9.17, 15) is 0 Å². The Morgan fingerprint density at radius 3 is 2.41 bits per heavy atom. The molecule has 1 nitrogen and oxygen atoms in total. The van der Waals surface area contributed by atoms with E-state index in [-0.39, 0.29) is 0 Å². The van der Waals surface area contributed by atoms with Gasteiger partial charge in [-0.05, 0) is 97.7 Å². The normalized spacial score (nSPS) is 48.0. The van der Waals surface area contributed by atoms with Crippen molar-refractivity contribution in [3.05, 3.63) is 0 Å². The molecule has 3 saturated carbocycles. The Labute approximate surface area is 169 Å². The van der Waals surface area contributed by atoms with Crippen LogP contribution in [0, 0.1) is 46.3 Å². The van der Waals surface area contributed by atoms with Crippen molar-refractivity contribution in [1.29, 1.82) is 0 Å². The van der Waals surface area contributed by atoms with Crippen LogP contribution in [0.15, 0.2) is 0 Å². The Hall–Kier alpha value is -0.0400. The molecular formula is C26H46O. The van der Waals surface area contributed by atoms with Crippen LogP contribution in [0.25, 0.3) is 0 Å². The average molecular weight is 375 g/mol. The number of fused-ring (bicyclic) bond motifs is 5. The van der Waals surface area contributed by atoms with Crippen LogP contribution in [0.2, 0.25) is 0 Å². The number of hydrogen-bond acceptors (Lipinski definition) is 1. The Balaban J connectivity index is 1.46. The molecule has 1 saturated heterocycles. The summed E-state index contributed by atoms with van der Waals surface area (Å²) < 4.78 is 6.29. The first kappa shape index (κ1) is 20.2. The molecule has 0 aromatic heterocycles.